The summed E-state index contributed by atoms with van der Waals surface area (Å²) in [4.78, 5) is 12.9. The highest BCUT2D eigenvalue weighted by Gasteiger charge is 2.22. The van der Waals surface area contributed by atoms with E-state index < -0.39 is 5.97 Å². The first-order chi connectivity index (χ1) is 9.10. The van der Waals surface area contributed by atoms with Crippen molar-refractivity contribution in [2.75, 3.05) is 18.0 Å². The zero-order chi connectivity index (χ0) is 13.8. The lowest BCUT2D eigenvalue weighted by Gasteiger charge is -2.33. The lowest BCUT2D eigenvalue weighted by Crippen LogP contribution is -2.34. The fourth-order valence-corrected chi connectivity index (χ4v) is 2.86. The van der Waals surface area contributed by atoms with Crippen molar-refractivity contribution in [2.24, 2.45) is 5.92 Å². The third-order valence-electron chi connectivity index (χ3n) is 3.50. The van der Waals surface area contributed by atoms with Gasteiger partial charge in [-0.2, -0.15) is 5.26 Å². The number of piperidine rings is 1. The first-order valence-electron chi connectivity index (χ1n) is 6.26. The standard InChI is InChI=1S/C14H15BrN2O2/c15-12-1-2-13(11(8-12)9-16)17-5-3-10(4-6-17)7-14(18)19/h1-2,8,10H,3-7H2,(H,18,19). The van der Waals surface area contributed by atoms with Crippen LogP contribution in [0.15, 0.2) is 22.7 Å². The maximum absolute atomic E-state index is 10.7. The molecule has 2 rings (SSSR count). The van der Waals surface area contributed by atoms with Gasteiger partial charge >= 0.3 is 5.97 Å². The molecular weight excluding hydrogens is 308 g/mol. The molecule has 1 heterocycles. The maximum atomic E-state index is 10.7. The van der Waals surface area contributed by atoms with E-state index in [-0.39, 0.29) is 12.3 Å². The van der Waals surface area contributed by atoms with Gasteiger partial charge in [0.05, 0.1) is 11.3 Å². The summed E-state index contributed by atoms with van der Waals surface area (Å²) in [6.07, 6.45) is 1.99. The zero-order valence-electron chi connectivity index (χ0n) is 10.5. The molecule has 100 valence electrons. The van der Waals surface area contributed by atoms with Crippen LogP contribution in [0.3, 0.4) is 0 Å². The highest BCUT2D eigenvalue weighted by Crippen LogP contribution is 2.29. The summed E-state index contributed by atoms with van der Waals surface area (Å²) in [7, 11) is 0. The normalized spacial score (nSPS) is 16.1. The smallest absolute Gasteiger partial charge is 0.303 e. The van der Waals surface area contributed by atoms with Crippen molar-refractivity contribution in [1.82, 2.24) is 0 Å². The molecule has 0 radical (unpaired) electrons. The number of hydrogen-bond donors (Lipinski definition) is 1. The van der Waals surface area contributed by atoms with Crippen LogP contribution in [0.4, 0.5) is 5.69 Å². The van der Waals surface area contributed by atoms with Gasteiger partial charge in [-0.05, 0) is 37.0 Å². The first-order valence-corrected chi connectivity index (χ1v) is 7.06. The molecular formula is C14H15BrN2O2. The summed E-state index contributed by atoms with van der Waals surface area (Å²) < 4.78 is 0.897. The third kappa shape index (κ3) is 3.48. The van der Waals surface area contributed by atoms with Gasteiger partial charge in [-0.25, -0.2) is 0 Å². The van der Waals surface area contributed by atoms with Gasteiger partial charge in [-0.1, -0.05) is 15.9 Å². The molecule has 5 heteroatoms. The number of nitriles is 1. The van der Waals surface area contributed by atoms with Crippen LogP contribution in [0.1, 0.15) is 24.8 Å². The van der Waals surface area contributed by atoms with Crippen LogP contribution in [0, 0.1) is 17.2 Å². The van der Waals surface area contributed by atoms with E-state index in [9.17, 15) is 4.79 Å². The number of anilines is 1. The summed E-state index contributed by atoms with van der Waals surface area (Å²) in [6, 6.07) is 7.90. The van der Waals surface area contributed by atoms with Crippen LogP contribution in [0.25, 0.3) is 0 Å². The van der Waals surface area contributed by atoms with Crippen molar-refractivity contribution >= 4 is 27.6 Å². The summed E-state index contributed by atoms with van der Waals surface area (Å²) in [6.45, 7) is 1.63. The van der Waals surface area contributed by atoms with Gasteiger partial charge in [0.25, 0.3) is 0 Å². The fraction of sp³-hybridized carbons (Fsp3) is 0.429. The van der Waals surface area contributed by atoms with Crippen molar-refractivity contribution in [3.63, 3.8) is 0 Å². The van der Waals surface area contributed by atoms with Crippen molar-refractivity contribution in [2.45, 2.75) is 19.3 Å². The minimum absolute atomic E-state index is 0.249. The van der Waals surface area contributed by atoms with Gasteiger partial charge in [0.2, 0.25) is 0 Å². The number of aliphatic carboxylic acids is 1. The molecule has 0 saturated carbocycles. The molecule has 1 aliphatic rings. The topological polar surface area (TPSA) is 64.3 Å². The van der Waals surface area contributed by atoms with Gasteiger partial charge in [0.15, 0.2) is 0 Å². The summed E-state index contributed by atoms with van der Waals surface area (Å²) in [5.41, 5.74) is 1.60. The van der Waals surface area contributed by atoms with Gasteiger partial charge in [0, 0.05) is 24.0 Å². The number of rotatable bonds is 3. The Morgan fingerprint density at radius 3 is 2.74 bits per heavy atom. The molecule has 0 amide bonds. The number of hydrogen-bond acceptors (Lipinski definition) is 3. The average Bonchev–Trinajstić information content (AvgIpc) is 2.39. The largest absolute Gasteiger partial charge is 0.481 e. The van der Waals surface area contributed by atoms with Gasteiger partial charge < -0.3 is 10.0 Å². The second-order valence-electron chi connectivity index (χ2n) is 4.80. The minimum atomic E-state index is -0.722. The van der Waals surface area contributed by atoms with E-state index in [0.717, 1.165) is 36.1 Å². The monoisotopic (exact) mass is 322 g/mol. The Kier molecular flexibility index (Phi) is 4.43. The molecule has 1 saturated heterocycles. The summed E-state index contributed by atoms with van der Waals surface area (Å²) >= 11 is 3.36. The first kappa shape index (κ1) is 13.9. The predicted octanol–water partition coefficient (Wildman–Crippen LogP) is 3.01. The molecule has 1 aromatic carbocycles. The van der Waals surface area contributed by atoms with Crippen molar-refractivity contribution < 1.29 is 9.90 Å². The highest BCUT2D eigenvalue weighted by atomic mass is 79.9. The number of benzene rings is 1. The van der Waals surface area contributed by atoms with E-state index in [1.807, 2.05) is 18.2 Å². The Hall–Kier alpha value is -1.54. The molecule has 1 aliphatic heterocycles. The number of nitrogens with zero attached hydrogens (tertiary/aromatic N) is 2. The lowest BCUT2D eigenvalue weighted by atomic mass is 9.93. The number of carboxylic acid groups (broad SMARTS) is 1. The quantitative estimate of drug-likeness (QED) is 0.929. The van der Waals surface area contributed by atoms with Gasteiger partial charge in [-0.15, -0.1) is 0 Å². The van der Waals surface area contributed by atoms with Crippen LogP contribution in [0.5, 0.6) is 0 Å². The molecule has 0 aromatic heterocycles. The Bertz CT molecular complexity index is 517. The molecule has 19 heavy (non-hydrogen) atoms. The number of halogens is 1. The van der Waals surface area contributed by atoms with Crippen molar-refractivity contribution in [3.05, 3.63) is 28.2 Å². The minimum Gasteiger partial charge on any atom is -0.481 e. The summed E-state index contributed by atoms with van der Waals surface area (Å²) in [5.74, 6) is -0.463. The molecule has 0 bridgehead atoms. The van der Waals surface area contributed by atoms with E-state index in [0.29, 0.717) is 5.56 Å². The van der Waals surface area contributed by atoms with Crippen LogP contribution in [-0.2, 0) is 4.79 Å². The second-order valence-corrected chi connectivity index (χ2v) is 5.72. The van der Waals surface area contributed by atoms with E-state index in [2.05, 4.69) is 26.9 Å². The molecule has 1 N–H and O–H groups in total. The Morgan fingerprint density at radius 1 is 1.47 bits per heavy atom. The molecule has 0 aliphatic carbocycles. The van der Waals surface area contributed by atoms with Crippen LogP contribution in [-0.4, -0.2) is 24.2 Å². The number of carbonyl (C=O) groups is 1. The van der Waals surface area contributed by atoms with Crippen LogP contribution < -0.4 is 4.90 Å². The van der Waals surface area contributed by atoms with E-state index in [1.54, 1.807) is 0 Å². The Balaban J connectivity index is 2.06. The Morgan fingerprint density at radius 2 is 2.16 bits per heavy atom. The third-order valence-corrected chi connectivity index (χ3v) is 3.99. The highest BCUT2D eigenvalue weighted by molar-refractivity contribution is 9.10. The summed E-state index contributed by atoms with van der Waals surface area (Å²) in [5, 5.41) is 18.0. The van der Waals surface area contributed by atoms with Crippen molar-refractivity contribution in [3.8, 4) is 6.07 Å². The number of carboxylic acids is 1. The van der Waals surface area contributed by atoms with Crippen LogP contribution in [0.2, 0.25) is 0 Å². The molecule has 0 unspecified atom stereocenters. The fourth-order valence-electron chi connectivity index (χ4n) is 2.50. The van der Waals surface area contributed by atoms with Gasteiger partial charge in [-0.3, -0.25) is 4.79 Å². The van der Waals surface area contributed by atoms with Crippen molar-refractivity contribution in [1.29, 1.82) is 5.26 Å². The SMILES string of the molecule is N#Cc1cc(Br)ccc1N1CCC(CC(=O)O)CC1. The van der Waals surface area contributed by atoms with E-state index in [4.69, 9.17) is 10.4 Å². The molecule has 4 nitrogen and oxygen atoms in total. The second kappa shape index (κ2) is 6.07. The van der Waals surface area contributed by atoms with Gasteiger partial charge in [0.1, 0.15) is 6.07 Å². The van der Waals surface area contributed by atoms with Crippen LogP contribution >= 0.6 is 15.9 Å². The molecule has 0 spiro atoms. The zero-order valence-corrected chi connectivity index (χ0v) is 12.1. The average molecular weight is 323 g/mol. The van der Waals surface area contributed by atoms with E-state index in [1.165, 1.54) is 0 Å². The lowest BCUT2D eigenvalue weighted by molar-refractivity contribution is -0.138. The Labute approximate surface area is 120 Å². The molecule has 0 atom stereocenters. The predicted molar refractivity (Wildman–Crippen MR) is 76.0 cm³/mol. The maximum Gasteiger partial charge on any atom is 0.303 e. The molecule has 1 fully saturated rings. The molecule has 1 aromatic rings. The van der Waals surface area contributed by atoms with E-state index >= 15 is 0 Å².